The lowest BCUT2D eigenvalue weighted by Gasteiger charge is -2.10. The number of aliphatic imine (C=N–C) groups is 1. The van der Waals surface area contributed by atoms with E-state index in [0.717, 1.165) is 24.9 Å². The zero-order valence-corrected chi connectivity index (χ0v) is 9.59. The third kappa shape index (κ3) is 4.40. The van der Waals surface area contributed by atoms with Crippen molar-refractivity contribution < 1.29 is 9.84 Å². The maximum absolute atomic E-state index is 9.14. The van der Waals surface area contributed by atoms with E-state index in [0.29, 0.717) is 5.88 Å². The summed E-state index contributed by atoms with van der Waals surface area (Å²) in [6.07, 6.45) is 3.00. The topological polar surface area (TPSA) is 54.7 Å². The van der Waals surface area contributed by atoms with E-state index < -0.39 is 6.10 Å². The highest BCUT2D eigenvalue weighted by molar-refractivity contribution is 5.26. The van der Waals surface area contributed by atoms with Crippen molar-refractivity contribution in [1.82, 2.24) is 4.98 Å². The number of aliphatic hydroxyl groups excluding tert-OH is 1. The van der Waals surface area contributed by atoms with Crippen molar-refractivity contribution in [2.75, 3.05) is 13.2 Å². The molecule has 0 amide bonds. The maximum Gasteiger partial charge on any atom is 0.216 e. The van der Waals surface area contributed by atoms with Gasteiger partial charge < -0.3 is 14.8 Å². The first kappa shape index (κ1) is 12.6. The molecule has 1 heterocycles. The Labute approximate surface area is 96.0 Å². The van der Waals surface area contributed by atoms with Gasteiger partial charge in [-0.05, 0) is 32.5 Å². The predicted molar refractivity (Wildman–Crippen MR) is 64.1 cm³/mol. The zero-order valence-electron chi connectivity index (χ0n) is 9.59. The lowest BCUT2D eigenvalue weighted by molar-refractivity contribution is 0.119. The molecule has 0 radical (unpaired) electrons. The number of aromatic nitrogens is 1. The molecular weight excluding hydrogens is 204 g/mol. The molecule has 0 aliphatic heterocycles. The second-order valence-electron chi connectivity index (χ2n) is 3.68. The van der Waals surface area contributed by atoms with E-state index in [1.54, 1.807) is 13.1 Å². The highest BCUT2D eigenvalue weighted by Gasteiger charge is 2.05. The molecule has 0 saturated heterocycles. The number of hydrogen-bond donors (Lipinski definition) is 1. The van der Waals surface area contributed by atoms with E-state index in [1.807, 2.05) is 12.1 Å². The van der Waals surface area contributed by atoms with E-state index >= 15 is 0 Å². The molecule has 0 spiro atoms. The Morgan fingerprint density at radius 2 is 2.44 bits per heavy atom. The van der Waals surface area contributed by atoms with Crippen molar-refractivity contribution in [1.29, 1.82) is 0 Å². The van der Waals surface area contributed by atoms with Crippen molar-refractivity contribution in [2.24, 2.45) is 4.99 Å². The summed E-state index contributed by atoms with van der Waals surface area (Å²) in [6, 6.07) is 3.86. The van der Waals surface area contributed by atoms with E-state index in [4.69, 9.17) is 9.84 Å². The van der Waals surface area contributed by atoms with Gasteiger partial charge >= 0.3 is 0 Å². The number of pyridine rings is 1. The van der Waals surface area contributed by atoms with Gasteiger partial charge in [0.1, 0.15) is 6.61 Å². The van der Waals surface area contributed by atoms with Crippen LogP contribution in [0.15, 0.2) is 23.3 Å². The van der Waals surface area contributed by atoms with Gasteiger partial charge in [-0.2, -0.15) is 0 Å². The maximum atomic E-state index is 9.14. The molecular formula is C12H18N2O2. The summed E-state index contributed by atoms with van der Waals surface area (Å²) in [7, 11) is 0. The van der Waals surface area contributed by atoms with Gasteiger partial charge in [-0.3, -0.25) is 0 Å². The van der Waals surface area contributed by atoms with Crippen LogP contribution < -0.4 is 4.74 Å². The van der Waals surface area contributed by atoms with Crippen LogP contribution in [0.25, 0.3) is 0 Å². The minimum atomic E-state index is -0.482. The smallest absolute Gasteiger partial charge is 0.216 e. The van der Waals surface area contributed by atoms with Gasteiger partial charge in [0.25, 0.3) is 0 Å². The Balaban J connectivity index is 2.56. The van der Waals surface area contributed by atoms with Crippen molar-refractivity contribution >= 4 is 6.72 Å². The number of nitrogens with zero attached hydrogens (tertiary/aromatic N) is 2. The van der Waals surface area contributed by atoms with Crippen LogP contribution in [-0.4, -0.2) is 36.1 Å². The van der Waals surface area contributed by atoms with E-state index in [-0.39, 0.29) is 6.61 Å². The number of aliphatic hydroxyl groups is 1. The van der Waals surface area contributed by atoms with Crippen molar-refractivity contribution in [3.8, 4) is 5.88 Å². The molecule has 0 aliphatic carbocycles. The average molecular weight is 222 g/mol. The van der Waals surface area contributed by atoms with Crippen molar-refractivity contribution in [3.05, 3.63) is 23.9 Å². The van der Waals surface area contributed by atoms with Crippen LogP contribution in [0.1, 0.15) is 18.9 Å². The van der Waals surface area contributed by atoms with Crippen LogP contribution in [0.2, 0.25) is 0 Å². The summed E-state index contributed by atoms with van der Waals surface area (Å²) >= 11 is 0. The lowest BCUT2D eigenvalue weighted by atomic mass is 10.1. The fraction of sp³-hybridized carbons (Fsp3) is 0.500. The molecule has 1 unspecified atom stereocenters. The largest absolute Gasteiger partial charge is 0.475 e. The molecule has 1 rings (SSSR count). The first-order valence-corrected chi connectivity index (χ1v) is 5.41. The monoisotopic (exact) mass is 222 g/mol. The fourth-order valence-electron chi connectivity index (χ4n) is 1.33. The molecule has 0 aromatic carbocycles. The predicted octanol–water partition coefficient (Wildman–Crippen LogP) is 1.47. The first-order chi connectivity index (χ1) is 7.74. The fourth-order valence-corrected chi connectivity index (χ4v) is 1.33. The average Bonchev–Trinajstić information content (AvgIpc) is 2.28. The Kier molecular flexibility index (Phi) is 5.50. The molecule has 88 valence electrons. The van der Waals surface area contributed by atoms with Gasteiger partial charge in [-0.25, -0.2) is 4.98 Å². The molecule has 4 nitrogen and oxygen atoms in total. The van der Waals surface area contributed by atoms with Crippen molar-refractivity contribution in [3.63, 3.8) is 0 Å². The van der Waals surface area contributed by atoms with Gasteiger partial charge in [0, 0.05) is 18.3 Å². The van der Waals surface area contributed by atoms with Crippen LogP contribution in [0, 0.1) is 0 Å². The van der Waals surface area contributed by atoms with E-state index in [9.17, 15) is 0 Å². The third-order valence-corrected chi connectivity index (χ3v) is 2.07. The van der Waals surface area contributed by atoms with E-state index in [2.05, 4.69) is 16.7 Å². The Bertz CT molecular complexity index is 327. The normalized spacial score (nSPS) is 12.1. The van der Waals surface area contributed by atoms with Crippen molar-refractivity contribution in [2.45, 2.75) is 25.9 Å². The van der Waals surface area contributed by atoms with E-state index in [1.165, 1.54) is 0 Å². The second-order valence-corrected chi connectivity index (χ2v) is 3.68. The molecule has 0 aliphatic rings. The van der Waals surface area contributed by atoms with Gasteiger partial charge in [0.15, 0.2) is 0 Å². The molecule has 0 fully saturated rings. The molecule has 4 heteroatoms. The quantitative estimate of drug-likeness (QED) is 0.561. The second kappa shape index (κ2) is 6.95. The molecule has 0 bridgehead atoms. The number of aryl methyl sites for hydroxylation is 1. The third-order valence-electron chi connectivity index (χ3n) is 2.07. The minimum Gasteiger partial charge on any atom is -0.475 e. The summed E-state index contributed by atoms with van der Waals surface area (Å²) in [6.45, 7) is 6.14. The van der Waals surface area contributed by atoms with Crippen LogP contribution in [0.4, 0.5) is 0 Å². The lowest BCUT2D eigenvalue weighted by Crippen LogP contribution is -2.14. The number of ether oxygens (including phenoxy) is 1. The SMILES string of the molecule is C=NCCCc1cccnc1OCC(C)O. The van der Waals surface area contributed by atoms with Gasteiger partial charge in [-0.1, -0.05) is 6.07 Å². The molecule has 1 aromatic heterocycles. The van der Waals surface area contributed by atoms with Gasteiger partial charge in [0.05, 0.1) is 6.10 Å². The Morgan fingerprint density at radius 1 is 1.62 bits per heavy atom. The van der Waals surface area contributed by atoms with Crippen LogP contribution >= 0.6 is 0 Å². The number of hydrogen-bond acceptors (Lipinski definition) is 4. The van der Waals surface area contributed by atoms with Gasteiger partial charge in [-0.15, -0.1) is 0 Å². The number of rotatable bonds is 7. The Morgan fingerprint density at radius 3 is 3.12 bits per heavy atom. The van der Waals surface area contributed by atoms with Crippen LogP contribution in [-0.2, 0) is 6.42 Å². The first-order valence-electron chi connectivity index (χ1n) is 5.41. The molecule has 16 heavy (non-hydrogen) atoms. The summed E-state index contributed by atoms with van der Waals surface area (Å²) in [5.74, 6) is 0.604. The molecule has 1 N–H and O–H groups in total. The van der Waals surface area contributed by atoms with Gasteiger partial charge in [0.2, 0.25) is 5.88 Å². The summed E-state index contributed by atoms with van der Waals surface area (Å²) in [4.78, 5) is 7.95. The van der Waals surface area contributed by atoms with Crippen LogP contribution in [0.3, 0.4) is 0 Å². The highest BCUT2D eigenvalue weighted by Crippen LogP contribution is 2.16. The summed E-state index contributed by atoms with van der Waals surface area (Å²) in [5.41, 5.74) is 1.05. The standard InChI is InChI=1S/C12H18N2O2/c1-10(15)9-16-12-11(5-3-7-13-2)6-4-8-14-12/h4,6,8,10,15H,2-3,5,7,9H2,1H3. The zero-order chi connectivity index (χ0) is 11.8. The molecule has 1 atom stereocenters. The highest BCUT2D eigenvalue weighted by atomic mass is 16.5. The minimum absolute atomic E-state index is 0.268. The summed E-state index contributed by atoms with van der Waals surface area (Å²) < 4.78 is 5.42. The summed E-state index contributed by atoms with van der Waals surface area (Å²) in [5, 5.41) is 9.14. The Hall–Kier alpha value is -1.42. The molecule has 0 saturated carbocycles. The van der Waals surface area contributed by atoms with Crippen LogP contribution in [0.5, 0.6) is 5.88 Å². The molecule has 1 aromatic rings.